The Bertz CT molecular complexity index is 320. The first-order valence-corrected chi connectivity index (χ1v) is 6.51. The Morgan fingerprint density at radius 3 is 2.60 bits per heavy atom. The number of halogens is 1. The maximum Gasteiger partial charge on any atom is 0.0294 e. The van der Waals surface area contributed by atoms with Crippen LogP contribution in [-0.2, 0) is 0 Å². The summed E-state index contributed by atoms with van der Waals surface area (Å²) in [6.45, 7) is 4.52. The Hall–Kier alpha value is -0.340. The van der Waals surface area contributed by atoms with E-state index < -0.39 is 0 Å². The topological polar surface area (TPSA) is 12.0 Å². The molecule has 82 valence electrons. The van der Waals surface area contributed by atoms with Crippen LogP contribution in [0.15, 0.2) is 28.7 Å². The molecule has 0 aromatic heterocycles. The van der Waals surface area contributed by atoms with Gasteiger partial charge in [0.1, 0.15) is 0 Å². The van der Waals surface area contributed by atoms with Crippen molar-refractivity contribution in [1.29, 1.82) is 0 Å². The molecule has 1 nitrogen and oxygen atoms in total. The molecule has 15 heavy (non-hydrogen) atoms. The number of hydrogen-bond donors (Lipinski definition) is 1. The average Bonchev–Trinajstić information content (AvgIpc) is 2.97. The summed E-state index contributed by atoms with van der Waals surface area (Å²) in [6, 6.07) is 9.82. The molecule has 2 rings (SSSR count). The fourth-order valence-corrected chi connectivity index (χ4v) is 2.34. The van der Waals surface area contributed by atoms with E-state index in [0.29, 0.717) is 6.04 Å². The molecule has 1 aliphatic rings. The summed E-state index contributed by atoms with van der Waals surface area (Å²) in [6.07, 6.45) is 2.67. The molecule has 2 heteroatoms. The van der Waals surface area contributed by atoms with Gasteiger partial charge in [-0.2, -0.15) is 0 Å². The summed E-state index contributed by atoms with van der Waals surface area (Å²) in [5.74, 6) is 0.919. The minimum Gasteiger partial charge on any atom is -0.307 e. The smallest absolute Gasteiger partial charge is 0.0294 e. The Balaban J connectivity index is 1.91. The van der Waals surface area contributed by atoms with E-state index in [0.717, 1.165) is 16.4 Å². The standard InChI is InChI=1S/C13H18BrN/c1-3-10-8-13(10)15-9(2)11-4-6-12(14)7-5-11/h4-7,9-10,13,15H,3,8H2,1-2H3. The highest BCUT2D eigenvalue weighted by Crippen LogP contribution is 2.35. The van der Waals surface area contributed by atoms with Crippen molar-refractivity contribution in [3.05, 3.63) is 34.3 Å². The lowest BCUT2D eigenvalue weighted by Gasteiger charge is -2.14. The Morgan fingerprint density at radius 2 is 2.07 bits per heavy atom. The number of rotatable bonds is 4. The molecule has 0 radical (unpaired) electrons. The summed E-state index contributed by atoms with van der Waals surface area (Å²) < 4.78 is 1.15. The Morgan fingerprint density at radius 1 is 1.40 bits per heavy atom. The minimum absolute atomic E-state index is 0.472. The van der Waals surface area contributed by atoms with Crippen LogP contribution in [0.2, 0.25) is 0 Å². The van der Waals surface area contributed by atoms with Crippen LogP contribution in [0.5, 0.6) is 0 Å². The zero-order chi connectivity index (χ0) is 10.8. The monoisotopic (exact) mass is 267 g/mol. The average molecular weight is 268 g/mol. The van der Waals surface area contributed by atoms with Gasteiger partial charge in [0.2, 0.25) is 0 Å². The van der Waals surface area contributed by atoms with E-state index in [9.17, 15) is 0 Å². The molecular formula is C13H18BrN. The first kappa shape index (κ1) is 11.2. The molecule has 1 N–H and O–H groups in total. The minimum atomic E-state index is 0.472. The van der Waals surface area contributed by atoms with E-state index in [1.807, 2.05) is 0 Å². The molecule has 0 amide bonds. The highest BCUT2D eigenvalue weighted by molar-refractivity contribution is 9.10. The summed E-state index contributed by atoms with van der Waals surface area (Å²) in [5, 5.41) is 3.68. The summed E-state index contributed by atoms with van der Waals surface area (Å²) >= 11 is 3.46. The third-order valence-corrected chi connectivity index (χ3v) is 3.81. The van der Waals surface area contributed by atoms with Gasteiger partial charge in [-0.25, -0.2) is 0 Å². The van der Waals surface area contributed by atoms with Crippen LogP contribution in [0.1, 0.15) is 38.3 Å². The molecule has 1 saturated carbocycles. The summed E-state index contributed by atoms with van der Waals surface area (Å²) in [4.78, 5) is 0. The van der Waals surface area contributed by atoms with Gasteiger partial charge in [0.25, 0.3) is 0 Å². The molecule has 1 aromatic rings. The van der Waals surface area contributed by atoms with Crippen molar-refractivity contribution in [1.82, 2.24) is 5.32 Å². The molecule has 3 unspecified atom stereocenters. The van der Waals surface area contributed by atoms with Gasteiger partial charge in [-0.3, -0.25) is 0 Å². The van der Waals surface area contributed by atoms with Gasteiger partial charge in [-0.05, 0) is 37.0 Å². The molecule has 1 aliphatic carbocycles. The SMILES string of the molecule is CCC1CC1NC(C)c1ccc(Br)cc1. The second-order valence-electron chi connectivity index (χ2n) is 4.45. The first-order chi connectivity index (χ1) is 7.20. The molecule has 0 spiro atoms. The third kappa shape index (κ3) is 2.82. The van der Waals surface area contributed by atoms with Gasteiger partial charge in [-0.1, -0.05) is 41.4 Å². The van der Waals surface area contributed by atoms with Crippen molar-refractivity contribution in [2.75, 3.05) is 0 Å². The molecule has 0 saturated heterocycles. The number of benzene rings is 1. The van der Waals surface area contributed by atoms with E-state index >= 15 is 0 Å². The van der Waals surface area contributed by atoms with Crippen LogP contribution in [0.25, 0.3) is 0 Å². The van der Waals surface area contributed by atoms with Gasteiger partial charge in [0.15, 0.2) is 0 Å². The van der Waals surface area contributed by atoms with Crippen LogP contribution in [0.4, 0.5) is 0 Å². The fraction of sp³-hybridized carbons (Fsp3) is 0.538. The fourth-order valence-electron chi connectivity index (χ4n) is 2.07. The van der Waals surface area contributed by atoms with Crippen molar-refractivity contribution in [3.63, 3.8) is 0 Å². The lowest BCUT2D eigenvalue weighted by molar-refractivity contribution is 0.539. The maximum absolute atomic E-state index is 3.68. The van der Waals surface area contributed by atoms with Crippen LogP contribution >= 0.6 is 15.9 Å². The third-order valence-electron chi connectivity index (χ3n) is 3.28. The first-order valence-electron chi connectivity index (χ1n) is 5.72. The van der Waals surface area contributed by atoms with Crippen molar-refractivity contribution in [2.45, 2.75) is 38.8 Å². The van der Waals surface area contributed by atoms with Gasteiger partial charge < -0.3 is 5.32 Å². The predicted octanol–water partition coefficient (Wildman–Crippen LogP) is 3.90. The molecule has 0 aliphatic heterocycles. The van der Waals surface area contributed by atoms with Crippen molar-refractivity contribution >= 4 is 15.9 Å². The molecular weight excluding hydrogens is 250 g/mol. The van der Waals surface area contributed by atoms with E-state index in [1.54, 1.807) is 0 Å². The van der Waals surface area contributed by atoms with Crippen LogP contribution in [0, 0.1) is 5.92 Å². The molecule has 0 heterocycles. The number of nitrogens with one attached hydrogen (secondary N) is 1. The summed E-state index contributed by atoms with van der Waals surface area (Å²) in [5.41, 5.74) is 1.37. The van der Waals surface area contributed by atoms with Crippen molar-refractivity contribution in [3.8, 4) is 0 Å². The van der Waals surface area contributed by atoms with Gasteiger partial charge in [-0.15, -0.1) is 0 Å². The lowest BCUT2D eigenvalue weighted by atomic mass is 10.1. The van der Waals surface area contributed by atoms with Crippen LogP contribution < -0.4 is 5.32 Å². The Kier molecular flexibility index (Phi) is 3.47. The van der Waals surface area contributed by atoms with Crippen LogP contribution in [-0.4, -0.2) is 6.04 Å². The molecule has 3 atom stereocenters. The van der Waals surface area contributed by atoms with E-state index in [2.05, 4.69) is 59.4 Å². The Labute approximate surface area is 100 Å². The highest BCUT2D eigenvalue weighted by Gasteiger charge is 2.35. The molecule has 1 aromatic carbocycles. The summed E-state index contributed by atoms with van der Waals surface area (Å²) in [7, 11) is 0. The zero-order valence-electron chi connectivity index (χ0n) is 9.33. The second kappa shape index (κ2) is 4.67. The maximum atomic E-state index is 3.68. The van der Waals surface area contributed by atoms with Gasteiger partial charge >= 0.3 is 0 Å². The quantitative estimate of drug-likeness (QED) is 0.873. The number of hydrogen-bond acceptors (Lipinski definition) is 1. The second-order valence-corrected chi connectivity index (χ2v) is 5.37. The largest absolute Gasteiger partial charge is 0.307 e. The van der Waals surface area contributed by atoms with E-state index in [4.69, 9.17) is 0 Å². The van der Waals surface area contributed by atoms with Crippen molar-refractivity contribution in [2.24, 2.45) is 5.92 Å². The normalized spacial score (nSPS) is 26.3. The van der Waals surface area contributed by atoms with E-state index in [-0.39, 0.29) is 0 Å². The molecule has 1 fully saturated rings. The van der Waals surface area contributed by atoms with Gasteiger partial charge in [0, 0.05) is 16.6 Å². The zero-order valence-corrected chi connectivity index (χ0v) is 10.9. The predicted molar refractivity (Wildman–Crippen MR) is 67.9 cm³/mol. The van der Waals surface area contributed by atoms with E-state index in [1.165, 1.54) is 18.4 Å². The van der Waals surface area contributed by atoms with Crippen LogP contribution in [0.3, 0.4) is 0 Å². The molecule has 0 bridgehead atoms. The highest BCUT2D eigenvalue weighted by atomic mass is 79.9. The van der Waals surface area contributed by atoms with Gasteiger partial charge in [0.05, 0.1) is 0 Å². The van der Waals surface area contributed by atoms with Crippen molar-refractivity contribution < 1.29 is 0 Å². The lowest BCUT2D eigenvalue weighted by Crippen LogP contribution is -2.22.